The van der Waals surface area contributed by atoms with Gasteiger partial charge in [-0.3, -0.25) is 0 Å². The number of hydrogen-bond acceptors (Lipinski definition) is 3. The molecule has 0 saturated carbocycles. The third-order valence-electron chi connectivity index (χ3n) is 1.55. The summed E-state index contributed by atoms with van der Waals surface area (Å²) >= 11 is 0. The van der Waals surface area contributed by atoms with Crippen molar-refractivity contribution in [1.29, 1.82) is 0 Å². The minimum absolute atomic E-state index is 0.474. The van der Waals surface area contributed by atoms with Crippen molar-refractivity contribution >= 4 is 6.21 Å². The van der Waals surface area contributed by atoms with Gasteiger partial charge in [0, 0.05) is 6.21 Å². The summed E-state index contributed by atoms with van der Waals surface area (Å²) in [5.74, 6) is 0.835. The molecule has 0 aliphatic carbocycles. The van der Waals surface area contributed by atoms with E-state index in [1.165, 1.54) is 0 Å². The molecule has 0 radical (unpaired) electrons. The van der Waals surface area contributed by atoms with Crippen LogP contribution in [-0.4, -0.2) is 13.3 Å². The van der Waals surface area contributed by atoms with Crippen LogP contribution in [0.2, 0.25) is 0 Å². The first-order valence-electron chi connectivity index (χ1n) is 4.09. The second-order valence-electron chi connectivity index (χ2n) is 2.49. The van der Waals surface area contributed by atoms with Gasteiger partial charge in [-0.1, -0.05) is 17.3 Å². The molecule has 70 valence electrons. The van der Waals surface area contributed by atoms with Crippen molar-refractivity contribution in [1.82, 2.24) is 0 Å². The smallest absolute Gasteiger partial charge is 0.142 e. The predicted molar refractivity (Wildman–Crippen MR) is 51.9 cm³/mol. The van der Waals surface area contributed by atoms with E-state index < -0.39 is 0 Å². The summed E-state index contributed by atoms with van der Waals surface area (Å²) in [5.41, 5.74) is 1.05. The zero-order chi connectivity index (χ0) is 9.52. The lowest BCUT2D eigenvalue weighted by atomic mass is 10.2. The van der Waals surface area contributed by atoms with Gasteiger partial charge in [-0.2, -0.15) is 0 Å². The molecule has 0 spiro atoms. The molecule has 1 rings (SSSR count). The van der Waals surface area contributed by atoms with Gasteiger partial charge in [-0.05, 0) is 24.6 Å². The van der Waals surface area contributed by atoms with Crippen LogP contribution >= 0.6 is 0 Å². The highest BCUT2D eigenvalue weighted by Gasteiger charge is 1.94. The molecule has 0 atom stereocenters. The summed E-state index contributed by atoms with van der Waals surface area (Å²) in [6.45, 7) is 2.28. The maximum Gasteiger partial charge on any atom is 0.142 e. The van der Waals surface area contributed by atoms with Crippen molar-refractivity contribution in [3.05, 3.63) is 29.8 Å². The van der Waals surface area contributed by atoms with Gasteiger partial charge in [0.1, 0.15) is 12.4 Å². The van der Waals surface area contributed by atoms with E-state index in [-0.39, 0.29) is 0 Å². The van der Waals surface area contributed by atoms with Crippen LogP contribution in [0.25, 0.3) is 0 Å². The molecule has 0 amide bonds. The van der Waals surface area contributed by atoms with Gasteiger partial charge in [0.15, 0.2) is 0 Å². The molecule has 3 heteroatoms. The van der Waals surface area contributed by atoms with Gasteiger partial charge in [0.2, 0.25) is 0 Å². The second kappa shape index (κ2) is 5.19. The Bertz CT molecular complexity index is 284. The largest absolute Gasteiger partial charge is 0.497 e. The summed E-state index contributed by atoms with van der Waals surface area (Å²) in [4.78, 5) is 4.98. The fourth-order valence-electron chi connectivity index (χ4n) is 0.949. The average molecular weight is 179 g/mol. The van der Waals surface area contributed by atoms with Crippen molar-refractivity contribution in [2.75, 3.05) is 7.11 Å². The zero-order valence-corrected chi connectivity index (χ0v) is 7.86. The first-order chi connectivity index (χ1) is 6.36. The third kappa shape index (κ3) is 3.15. The van der Waals surface area contributed by atoms with Gasteiger partial charge in [-0.25, -0.2) is 0 Å². The van der Waals surface area contributed by atoms with Gasteiger partial charge in [0.25, 0.3) is 0 Å². The van der Waals surface area contributed by atoms with E-state index in [9.17, 15) is 0 Å². The quantitative estimate of drug-likeness (QED) is 0.524. The molecular weight excluding hydrogens is 166 g/mol. The zero-order valence-electron chi connectivity index (χ0n) is 7.86. The molecule has 0 aliphatic heterocycles. The Morgan fingerprint density at radius 2 is 2.31 bits per heavy atom. The molecule has 0 unspecified atom stereocenters. The molecule has 0 aromatic heterocycles. The number of methoxy groups -OCH3 is 1. The standard InChI is InChI=1S/C10H13NO2/c1-3-11-13-8-9-5-4-6-10(7-9)12-2/h3-7H,8H2,1-2H3/b11-3+. The van der Waals surface area contributed by atoms with Gasteiger partial charge < -0.3 is 9.57 Å². The highest BCUT2D eigenvalue weighted by molar-refractivity contribution is 5.52. The summed E-state index contributed by atoms with van der Waals surface area (Å²) in [6.07, 6.45) is 1.61. The minimum atomic E-state index is 0.474. The van der Waals surface area contributed by atoms with E-state index in [1.54, 1.807) is 13.3 Å². The van der Waals surface area contributed by atoms with Crippen LogP contribution < -0.4 is 4.74 Å². The number of benzene rings is 1. The van der Waals surface area contributed by atoms with Crippen LogP contribution in [0.4, 0.5) is 0 Å². The van der Waals surface area contributed by atoms with E-state index in [0.29, 0.717) is 6.61 Å². The molecule has 0 saturated heterocycles. The Morgan fingerprint density at radius 1 is 1.46 bits per heavy atom. The average Bonchev–Trinajstić information content (AvgIpc) is 2.19. The maximum absolute atomic E-state index is 5.07. The van der Waals surface area contributed by atoms with Gasteiger partial charge in [-0.15, -0.1) is 0 Å². The van der Waals surface area contributed by atoms with E-state index in [4.69, 9.17) is 9.57 Å². The molecule has 13 heavy (non-hydrogen) atoms. The molecule has 3 nitrogen and oxygen atoms in total. The normalized spacial score (nSPS) is 10.3. The van der Waals surface area contributed by atoms with Crippen LogP contribution in [-0.2, 0) is 11.4 Å². The lowest BCUT2D eigenvalue weighted by Gasteiger charge is -2.02. The molecule has 0 bridgehead atoms. The van der Waals surface area contributed by atoms with E-state index >= 15 is 0 Å². The number of rotatable bonds is 4. The lowest BCUT2D eigenvalue weighted by molar-refractivity contribution is 0.131. The fraction of sp³-hybridized carbons (Fsp3) is 0.300. The van der Waals surface area contributed by atoms with Crippen molar-refractivity contribution in [2.24, 2.45) is 5.16 Å². The number of ether oxygens (including phenoxy) is 1. The molecular formula is C10H13NO2. The summed E-state index contributed by atoms with van der Waals surface area (Å²) in [7, 11) is 1.64. The van der Waals surface area contributed by atoms with Gasteiger partial charge in [0.05, 0.1) is 7.11 Å². The summed E-state index contributed by atoms with van der Waals surface area (Å²) in [5, 5.41) is 3.66. The highest BCUT2D eigenvalue weighted by Crippen LogP contribution is 2.12. The first kappa shape index (κ1) is 9.58. The number of oxime groups is 1. The van der Waals surface area contributed by atoms with Crippen LogP contribution in [0.5, 0.6) is 5.75 Å². The van der Waals surface area contributed by atoms with Gasteiger partial charge >= 0.3 is 0 Å². The van der Waals surface area contributed by atoms with Crippen molar-refractivity contribution in [3.8, 4) is 5.75 Å². The van der Waals surface area contributed by atoms with Crippen LogP contribution in [0, 0.1) is 0 Å². The van der Waals surface area contributed by atoms with Crippen LogP contribution in [0.3, 0.4) is 0 Å². The van der Waals surface area contributed by atoms with E-state index in [0.717, 1.165) is 11.3 Å². The fourth-order valence-corrected chi connectivity index (χ4v) is 0.949. The van der Waals surface area contributed by atoms with Crippen LogP contribution in [0.15, 0.2) is 29.4 Å². The van der Waals surface area contributed by atoms with Crippen molar-refractivity contribution < 1.29 is 9.57 Å². The molecule has 0 N–H and O–H groups in total. The van der Waals surface area contributed by atoms with Crippen molar-refractivity contribution in [2.45, 2.75) is 13.5 Å². The second-order valence-corrected chi connectivity index (χ2v) is 2.49. The molecule has 0 heterocycles. The number of hydrogen-bond donors (Lipinski definition) is 0. The Kier molecular flexibility index (Phi) is 3.82. The Balaban J connectivity index is 2.56. The Morgan fingerprint density at radius 3 is 3.00 bits per heavy atom. The predicted octanol–water partition coefficient (Wildman–Crippen LogP) is 2.22. The Labute approximate surface area is 78.0 Å². The third-order valence-corrected chi connectivity index (χ3v) is 1.55. The molecule has 1 aromatic rings. The topological polar surface area (TPSA) is 30.8 Å². The van der Waals surface area contributed by atoms with Crippen LogP contribution in [0.1, 0.15) is 12.5 Å². The van der Waals surface area contributed by atoms with Crippen molar-refractivity contribution in [3.63, 3.8) is 0 Å². The first-order valence-corrected chi connectivity index (χ1v) is 4.09. The SMILES string of the molecule is C/C=N/OCc1cccc(OC)c1. The van der Waals surface area contributed by atoms with E-state index in [2.05, 4.69) is 5.16 Å². The molecule has 1 aromatic carbocycles. The maximum atomic E-state index is 5.07. The summed E-state index contributed by atoms with van der Waals surface area (Å²) < 4.78 is 5.07. The molecule has 0 aliphatic rings. The van der Waals surface area contributed by atoms with E-state index in [1.807, 2.05) is 31.2 Å². The minimum Gasteiger partial charge on any atom is -0.497 e. The highest BCUT2D eigenvalue weighted by atomic mass is 16.6. The number of nitrogens with zero attached hydrogens (tertiary/aromatic N) is 1. The Hall–Kier alpha value is -1.51. The lowest BCUT2D eigenvalue weighted by Crippen LogP contribution is -1.88. The monoisotopic (exact) mass is 179 g/mol. The molecule has 0 fully saturated rings. The summed E-state index contributed by atoms with van der Waals surface area (Å²) in [6, 6.07) is 7.71.